The molecule has 10 heteroatoms. The van der Waals surface area contributed by atoms with E-state index in [1.807, 2.05) is 0 Å². The Bertz CT molecular complexity index is 726. The summed E-state index contributed by atoms with van der Waals surface area (Å²) >= 11 is 0. The van der Waals surface area contributed by atoms with Crippen LogP contribution in [0.5, 0.6) is 0 Å². The van der Waals surface area contributed by atoms with E-state index in [0.717, 1.165) is 12.1 Å². The molecule has 2 rings (SSSR count). The molecule has 106 valence electrons. The third-order valence-electron chi connectivity index (χ3n) is 2.48. The van der Waals surface area contributed by atoms with Crippen LogP contribution in [0.1, 0.15) is 5.69 Å². The van der Waals surface area contributed by atoms with Gasteiger partial charge in [-0.25, -0.2) is 18.1 Å². The quantitative estimate of drug-likeness (QED) is 0.413. The van der Waals surface area contributed by atoms with Crippen molar-refractivity contribution in [2.45, 2.75) is 11.4 Å². The Morgan fingerprint density at radius 3 is 2.80 bits per heavy atom. The van der Waals surface area contributed by atoms with Gasteiger partial charge in [0.25, 0.3) is 5.69 Å². The predicted octanol–water partition coefficient (Wildman–Crippen LogP) is 0.379. The van der Waals surface area contributed by atoms with E-state index in [1.54, 1.807) is 0 Å². The average molecular weight is 297 g/mol. The maximum absolute atomic E-state index is 12.1. The lowest BCUT2D eigenvalue weighted by atomic mass is 10.3. The summed E-state index contributed by atoms with van der Waals surface area (Å²) in [6, 6.07) is 3.37. The zero-order chi connectivity index (χ0) is 14.8. The Hall–Kier alpha value is -2.46. The van der Waals surface area contributed by atoms with Crippen LogP contribution < -0.4 is 10.5 Å². The van der Waals surface area contributed by atoms with Crippen LogP contribution in [0.3, 0.4) is 0 Å². The van der Waals surface area contributed by atoms with Crippen molar-refractivity contribution in [2.75, 3.05) is 5.73 Å². The lowest BCUT2D eigenvalue weighted by Gasteiger charge is -2.07. The summed E-state index contributed by atoms with van der Waals surface area (Å²) in [6.07, 6.45) is 2.84. The lowest BCUT2D eigenvalue weighted by Crippen LogP contribution is -2.24. The number of imidazole rings is 1. The Balaban J connectivity index is 2.33. The summed E-state index contributed by atoms with van der Waals surface area (Å²) in [5, 5.41) is 10.9. The molecule has 9 nitrogen and oxygen atoms in total. The number of hydrogen-bond acceptors (Lipinski definition) is 6. The molecule has 0 atom stereocenters. The second-order valence-corrected chi connectivity index (χ2v) is 5.62. The van der Waals surface area contributed by atoms with E-state index in [0.29, 0.717) is 5.69 Å². The van der Waals surface area contributed by atoms with Gasteiger partial charge in [-0.3, -0.25) is 10.1 Å². The predicted molar refractivity (Wildman–Crippen MR) is 70.1 cm³/mol. The Labute approximate surface area is 114 Å². The zero-order valence-electron chi connectivity index (χ0n) is 10.1. The summed E-state index contributed by atoms with van der Waals surface area (Å²) in [5.74, 6) is 0. The number of rotatable bonds is 5. The zero-order valence-corrected chi connectivity index (χ0v) is 10.9. The van der Waals surface area contributed by atoms with Crippen molar-refractivity contribution < 1.29 is 13.3 Å². The molecule has 0 unspecified atom stereocenters. The molecule has 4 N–H and O–H groups in total. The number of nitrogen functional groups attached to an aromatic ring is 1. The number of aromatic nitrogens is 2. The van der Waals surface area contributed by atoms with Gasteiger partial charge in [0.05, 0.1) is 17.8 Å². The van der Waals surface area contributed by atoms with Gasteiger partial charge in [-0.2, -0.15) is 0 Å². The highest BCUT2D eigenvalue weighted by molar-refractivity contribution is 7.89. The maximum Gasteiger partial charge on any atom is 0.289 e. The van der Waals surface area contributed by atoms with Crippen LogP contribution in [0.15, 0.2) is 35.6 Å². The van der Waals surface area contributed by atoms with Crippen molar-refractivity contribution in [2.24, 2.45) is 0 Å². The molecule has 0 aliphatic carbocycles. The monoisotopic (exact) mass is 297 g/mol. The molecule has 1 heterocycles. The van der Waals surface area contributed by atoms with Crippen molar-refractivity contribution in [1.82, 2.24) is 14.7 Å². The van der Waals surface area contributed by atoms with E-state index in [9.17, 15) is 18.5 Å². The molecule has 1 aromatic heterocycles. The van der Waals surface area contributed by atoms with Crippen LogP contribution in [0.2, 0.25) is 0 Å². The van der Waals surface area contributed by atoms with Gasteiger partial charge in [-0.1, -0.05) is 0 Å². The average Bonchev–Trinajstić information content (AvgIpc) is 2.89. The van der Waals surface area contributed by atoms with Crippen LogP contribution in [0.25, 0.3) is 0 Å². The minimum Gasteiger partial charge on any atom is -0.399 e. The van der Waals surface area contributed by atoms with Crippen molar-refractivity contribution in [3.05, 3.63) is 46.5 Å². The SMILES string of the molecule is Nc1ccc([N+](=O)[O-])c(S(=O)(=O)NCc2cnc[nH]2)c1. The van der Waals surface area contributed by atoms with Gasteiger partial charge < -0.3 is 10.7 Å². The van der Waals surface area contributed by atoms with Gasteiger partial charge in [0.2, 0.25) is 10.0 Å². The third-order valence-corrected chi connectivity index (χ3v) is 3.91. The number of benzene rings is 1. The third kappa shape index (κ3) is 2.92. The first-order chi connectivity index (χ1) is 9.40. The molecular formula is C10H11N5O4S. The Morgan fingerprint density at radius 2 is 2.20 bits per heavy atom. The highest BCUT2D eigenvalue weighted by Crippen LogP contribution is 2.25. The molecule has 0 bridgehead atoms. The Morgan fingerprint density at radius 1 is 1.45 bits per heavy atom. The molecule has 0 fully saturated rings. The molecule has 0 aliphatic heterocycles. The first-order valence-corrected chi connectivity index (χ1v) is 6.89. The van der Waals surface area contributed by atoms with Crippen molar-refractivity contribution in [3.8, 4) is 0 Å². The fraction of sp³-hybridized carbons (Fsp3) is 0.100. The molecule has 0 radical (unpaired) electrons. The lowest BCUT2D eigenvalue weighted by molar-refractivity contribution is -0.387. The van der Waals surface area contributed by atoms with Crippen LogP contribution in [-0.2, 0) is 16.6 Å². The van der Waals surface area contributed by atoms with Crippen molar-refractivity contribution in [3.63, 3.8) is 0 Å². The summed E-state index contributed by atoms with van der Waals surface area (Å²) < 4.78 is 26.4. The first-order valence-electron chi connectivity index (χ1n) is 5.41. The summed E-state index contributed by atoms with van der Waals surface area (Å²) in [4.78, 5) is 16.1. The minimum absolute atomic E-state index is 0.0612. The highest BCUT2D eigenvalue weighted by atomic mass is 32.2. The molecule has 0 saturated carbocycles. The van der Waals surface area contributed by atoms with Gasteiger partial charge >= 0.3 is 0 Å². The standard InChI is InChI=1S/C10H11N5O4S/c11-7-1-2-9(15(16)17)10(3-7)20(18,19)14-5-8-4-12-6-13-8/h1-4,6,14H,5,11H2,(H,12,13). The number of hydrogen-bond donors (Lipinski definition) is 3. The smallest absolute Gasteiger partial charge is 0.289 e. The number of anilines is 1. The van der Waals surface area contributed by atoms with Crippen molar-refractivity contribution >= 4 is 21.4 Å². The van der Waals surface area contributed by atoms with Gasteiger partial charge in [0.15, 0.2) is 4.90 Å². The number of nitro groups is 1. The molecule has 0 aliphatic rings. The van der Waals surface area contributed by atoms with E-state index in [2.05, 4.69) is 14.7 Å². The van der Waals surface area contributed by atoms with E-state index >= 15 is 0 Å². The highest BCUT2D eigenvalue weighted by Gasteiger charge is 2.25. The van der Waals surface area contributed by atoms with Crippen LogP contribution in [0, 0.1) is 10.1 Å². The van der Waals surface area contributed by atoms with E-state index in [4.69, 9.17) is 5.73 Å². The summed E-state index contributed by atoms with van der Waals surface area (Å²) in [5.41, 5.74) is 5.60. The number of H-pyrrole nitrogens is 1. The number of sulfonamides is 1. The van der Waals surface area contributed by atoms with Gasteiger partial charge in [0, 0.05) is 23.6 Å². The normalized spacial score (nSPS) is 11.4. The second kappa shape index (κ2) is 5.27. The van der Waals surface area contributed by atoms with Gasteiger partial charge in [0.1, 0.15) is 0 Å². The molecule has 0 saturated heterocycles. The largest absolute Gasteiger partial charge is 0.399 e. The Kier molecular flexibility index (Phi) is 3.68. The molecule has 2 aromatic rings. The fourth-order valence-electron chi connectivity index (χ4n) is 1.53. The molecule has 1 aromatic carbocycles. The fourth-order valence-corrected chi connectivity index (χ4v) is 2.74. The summed E-state index contributed by atoms with van der Waals surface area (Å²) in [7, 11) is -4.05. The second-order valence-electron chi connectivity index (χ2n) is 3.89. The minimum atomic E-state index is -4.05. The molecular weight excluding hydrogens is 286 g/mol. The van der Waals surface area contributed by atoms with E-state index < -0.39 is 25.5 Å². The van der Waals surface area contributed by atoms with E-state index in [-0.39, 0.29) is 12.2 Å². The molecule has 0 spiro atoms. The van der Waals surface area contributed by atoms with Crippen molar-refractivity contribution in [1.29, 1.82) is 0 Å². The van der Waals surface area contributed by atoms with Crippen LogP contribution in [-0.4, -0.2) is 23.3 Å². The molecule has 0 amide bonds. The number of aromatic amines is 1. The van der Waals surface area contributed by atoms with Gasteiger partial charge in [-0.15, -0.1) is 0 Å². The van der Waals surface area contributed by atoms with Crippen LogP contribution in [0.4, 0.5) is 11.4 Å². The number of nitrogens with two attached hydrogens (primary N) is 1. The maximum atomic E-state index is 12.1. The number of nitrogens with one attached hydrogen (secondary N) is 2. The topological polar surface area (TPSA) is 144 Å². The summed E-state index contributed by atoms with van der Waals surface area (Å²) in [6.45, 7) is -0.0612. The first kappa shape index (κ1) is 14.0. The van der Waals surface area contributed by atoms with Crippen LogP contribution >= 0.6 is 0 Å². The van der Waals surface area contributed by atoms with E-state index in [1.165, 1.54) is 18.6 Å². The number of nitrogens with zero attached hydrogens (tertiary/aromatic N) is 2. The number of nitro benzene ring substituents is 1. The molecule has 20 heavy (non-hydrogen) atoms. The van der Waals surface area contributed by atoms with Gasteiger partial charge in [-0.05, 0) is 12.1 Å².